The van der Waals surface area contributed by atoms with Crippen molar-refractivity contribution in [2.45, 2.75) is 12.5 Å². The monoisotopic (exact) mass is 398 g/mol. The molecule has 28 heavy (non-hydrogen) atoms. The van der Waals surface area contributed by atoms with E-state index in [9.17, 15) is 9.59 Å². The van der Waals surface area contributed by atoms with Crippen molar-refractivity contribution >= 4 is 29.4 Å². The van der Waals surface area contributed by atoms with Crippen molar-refractivity contribution < 1.29 is 9.59 Å². The number of benzene rings is 1. The topological polar surface area (TPSA) is 78.7 Å². The predicted molar refractivity (Wildman–Crippen MR) is 113 cm³/mol. The maximum Gasteiger partial charge on any atom is 0.312 e. The molecule has 0 saturated carbocycles. The Morgan fingerprint density at radius 2 is 1.86 bits per heavy atom. The largest absolute Gasteiger partial charge is 0.352 e. The van der Waals surface area contributed by atoms with Gasteiger partial charge in [-0.25, -0.2) is 4.79 Å². The second-order valence-corrected chi connectivity index (χ2v) is 7.75. The van der Waals surface area contributed by atoms with E-state index in [1.54, 1.807) is 0 Å². The first-order valence-corrected chi connectivity index (χ1v) is 10.3. The van der Waals surface area contributed by atoms with E-state index in [1.165, 1.54) is 16.9 Å². The number of carbonyl (C=O) groups is 2. The van der Waals surface area contributed by atoms with Crippen LogP contribution in [0, 0.1) is 0 Å². The highest BCUT2D eigenvalue weighted by molar-refractivity contribution is 7.10. The maximum atomic E-state index is 12.7. The molecule has 1 atom stereocenters. The highest BCUT2D eigenvalue weighted by Gasteiger charge is 2.25. The van der Waals surface area contributed by atoms with Gasteiger partial charge < -0.3 is 16.0 Å². The number of nitrogens with two attached hydrogens (primary N) is 1. The van der Waals surface area contributed by atoms with Crippen LogP contribution in [0.25, 0.3) is 6.08 Å². The first kappa shape index (κ1) is 20.1. The Labute approximate surface area is 169 Å². The van der Waals surface area contributed by atoms with E-state index >= 15 is 0 Å². The summed E-state index contributed by atoms with van der Waals surface area (Å²) >= 11 is 1.51. The van der Waals surface area contributed by atoms with E-state index in [-0.39, 0.29) is 18.4 Å². The molecule has 2 aromatic rings. The summed E-state index contributed by atoms with van der Waals surface area (Å²) in [7, 11) is 0. The average molecular weight is 399 g/mol. The van der Waals surface area contributed by atoms with Gasteiger partial charge in [-0.1, -0.05) is 48.6 Å². The van der Waals surface area contributed by atoms with Gasteiger partial charge in [0.2, 0.25) is 5.91 Å². The normalized spacial score (nSPS) is 16.2. The summed E-state index contributed by atoms with van der Waals surface area (Å²) in [5.41, 5.74) is 6.47. The lowest BCUT2D eigenvalue weighted by Gasteiger charge is -2.34. The highest BCUT2D eigenvalue weighted by atomic mass is 32.1. The van der Waals surface area contributed by atoms with E-state index < -0.39 is 6.03 Å². The van der Waals surface area contributed by atoms with Crippen LogP contribution in [0.5, 0.6) is 0 Å². The Balaban J connectivity index is 1.46. The van der Waals surface area contributed by atoms with Gasteiger partial charge in [0.05, 0.1) is 12.5 Å². The van der Waals surface area contributed by atoms with Crippen molar-refractivity contribution in [1.82, 2.24) is 15.1 Å². The molecule has 3 N–H and O–H groups in total. The summed E-state index contributed by atoms with van der Waals surface area (Å²) < 4.78 is 0. The molecule has 3 amide bonds. The summed E-state index contributed by atoms with van der Waals surface area (Å²) in [5, 5.41) is 4.61. The number of hydrogen-bond donors (Lipinski definition) is 2. The van der Waals surface area contributed by atoms with Crippen LogP contribution < -0.4 is 11.1 Å². The molecule has 1 fully saturated rings. The quantitative estimate of drug-likeness (QED) is 0.753. The Morgan fingerprint density at radius 1 is 1.11 bits per heavy atom. The first-order chi connectivity index (χ1) is 13.6. The van der Waals surface area contributed by atoms with Crippen LogP contribution in [0.3, 0.4) is 0 Å². The van der Waals surface area contributed by atoms with Gasteiger partial charge >= 0.3 is 6.03 Å². The number of carbonyl (C=O) groups excluding carboxylic acids is 2. The van der Waals surface area contributed by atoms with Crippen LogP contribution in [0.4, 0.5) is 4.79 Å². The molecule has 1 saturated heterocycles. The summed E-state index contributed by atoms with van der Waals surface area (Å²) in [6.07, 6.45) is 4.52. The number of primary amides is 1. The zero-order chi connectivity index (χ0) is 19.8. The van der Waals surface area contributed by atoms with Crippen LogP contribution in [-0.2, 0) is 4.79 Å². The van der Waals surface area contributed by atoms with E-state index in [0.29, 0.717) is 13.1 Å². The fourth-order valence-corrected chi connectivity index (χ4v) is 4.05. The summed E-state index contributed by atoms with van der Waals surface area (Å²) in [6, 6.07) is 13.1. The molecule has 0 aliphatic carbocycles. The van der Waals surface area contributed by atoms with Crippen molar-refractivity contribution in [1.29, 1.82) is 0 Å². The summed E-state index contributed by atoms with van der Waals surface area (Å²) in [5.74, 6) is 0.0478. The molecule has 7 heteroatoms. The minimum Gasteiger partial charge on any atom is -0.352 e. The van der Waals surface area contributed by atoms with E-state index in [2.05, 4.69) is 34.5 Å². The molecular weight excluding hydrogens is 372 g/mol. The molecule has 1 aromatic carbocycles. The standard InChI is InChI=1S/C21H26N4O2S/c22-21(27)23-18(19-9-5-15-28-19)16-20(26)25-13-11-24(12-14-25)10-4-8-17-6-2-1-3-7-17/h1-9,15,18H,10-14,16H2,(H3,22,23,27)/b8-4+. The van der Waals surface area contributed by atoms with Gasteiger partial charge in [-0.2, -0.15) is 0 Å². The fourth-order valence-electron chi connectivity index (χ4n) is 3.27. The number of rotatable bonds is 7. The van der Waals surface area contributed by atoms with Crippen molar-refractivity contribution in [3.8, 4) is 0 Å². The van der Waals surface area contributed by atoms with Gasteiger partial charge in [-0.3, -0.25) is 9.69 Å². The van der Waals surface area contributed by atoms with Crippen molar-refractivity contribution in [2.75, 3.05) is 32.7 Å². The Kier molecular flexibility index (Phi) is 7.22. The van der Waals surface area contributed by atoms with E-state index in [4.69, 9.17) is 5.73 Å². The zero-order valence-electron chi connectivity index (χ0n) is 15.8. The summed E-state index contributed by atoms with van der Waals surface area (Å²) in [4.78, 5) is 29.1. The fraction of sp³-hybridized carbons (Fsp3) is 0.333. The van der Waals surface area contributed by atoms with Gasteiger partial charge in [-0.15, -0.1) is 11.3 Å². The third-order valence-corrected chi connectivity index (χ3v) is 5.77. The molecule has 0 radical (unpaired) electrons. The molecular formula is C21H26N4O2S. The zero-order valence-corrected chi connectivity index (χ0v) is 16.6. The third kappa shape index (κ3) is 5.94. The minimum atomic E-state index is -0.610. The van der Waals surface area contributed by atoms with Crippen molar-refractivity contribution in [3.05, 3.63) is 64.4 Å². The summed E-state index contributed by atoms with van der Waals surface area (Å²) in [6.45, 7) is 3.96. The molecule has 148 valence electrons. The van der Waals surface area contributed by atoms with Crippen LogP contribution in [0.2, 0.25) is 0 Å². The SMILES string of the molecule is NC(=O)NC(CC(=O)N1CCN(C/C=C/c2ccccc2)CC1)c1cccs1. The number of hydrogen-bond acceptors (Lipinski definition) is 4. The van der Waals surface area contributed by atoms with Gasteiger partial charge in [0.1, 0.15) is 0 Å². The van der Waals surface area contributed by atoms with Gasteiger partial charge in [0, 0.05) is 37.6 Å². The Morgan fingerprint density at radius 3 is 2.50 bits per heavy atom. The molecule has 1 aliphatic rings. The molecule has 1 aliphatic heterocycles. The van der Waals surface area contributed by atoms with E-state index in [0.717, 1.165) is 24.5 Å². The lowest BCUT2D eigenvalue weighted by Crippen LogP contribution is -2.49. The first-order valence-electron chi connectivity index (χ1n) is 9.43. The molecule has 6 nitrogen and oxygen atoms in total. The van der Waals surface area contributed by atoms with Crippen LogP contribution in [0.15, 0.2) is 53.9 Å². The Hall–Kier alpha value is -2.64. The Bertz CT molecular complexity index is 784. The van der Waals surface area contributed by atoms with Crippen molar-refractivity contribution in [2.24, 2.45) is 5.73 Å². The number of amides is 3. The predicted octanol–water partition coefficient (Wildman–Crippen LogP) is 2.71. The number of piperazine rings is 1. The third-order valence-electron chi connectivity index (χ3n) is 4.78. The highest BCUT2D eigenvalue weighted by Crippen LogP contribution is 2.23. The number of thiophene rings is 1. The van der Waals surface area contributed by atoms with Crippen molar-refractivity contribution in [3.63, 3.8) is 0 Å². The number of nitrogens with zero attached hydrogens (tertiary/aromatic N) is 2. The van der Waals surface area contributed by atoms with Crippen LogP contribution in [0.1, 0.15) is 22.9 Å². The molecule has 0 spiro atoms. The molecule has 1 unspecified atom stereocenters. The smallest absolute Gasteiger partial charge is 0.312 e. The molecule has 0 bridgehead atoms. The second kappa shape index (κ2) is 10.1. The minimum absolute atomic E-state index is 0.0478. The van der Waals surface area contributed by atoms with E-state index in [1.807, 2.05) is 40.6 Å². The lowest BCUT2D eigenvalue weighted by molar-refractivity contribution is -0.133. The van der Waals surface area contributed by atoms with Gasteiger partial charge in [0.25, 0.3) is 0 Å². The van der Waals surface area contributed by atoms with Gasteiger partial charge in [-0.05, 0) is 17.0 Å². The maximum absolute atomic E-state index is 12.7. The second-order valence-electron chi connectivity index (χ2n) is 6.78. The average Bonchev–Trinajstić information content (AvgIpc) is 3.23. The van der Waals surface area contributed by atoms with Gasteiger partial charge in [0.15, 0.2) is 0 Å². The lowest BCUT2D eigenvalue weighted by atomic mass is 10.1. The molecule has 3 rings (SSSR count). The molecule has 2 heterocycles. The number of urea groups is 1. The number of nitrogens with one attached hydrogen (secondary N) is 1. The van der Waals surface area contributed by atoms with Crippen LogP contribution in [-0.4, -0.2) is 54.5 Å². The van der Waals surface area contributed by atoms with Crippen LogP contribution >= 0.6 is 11.3 Å². The molecule has 1 aromatic heterocycles.